The summed E-state index contributed by atoms with van der Waals surface area (Å²) in [4.78, 5) is 5.00. The van der Waals surface area contributed by atoms with E-state index in [4.69, 9.17) is 5.11 Å². The molecule has 4 heteroatoms. The van der Waals surface area contributed by atoms with Crippen LogP contribution < -0.4 is 5.32 Å². The Bertz CT molecular complexity index is 213. The van der Waals surface area contributed by atoms with Gasteiger partial charge in [0.05, 0.1) is 6.61 Å². The van der Waals surface area contributed by atoms with Gasteiger partial charge in [-0.05, 0) is 64.8 Å². The van der Waals surface area contributed by atoms with Gasteiger partial charge in [0.1, 0.15) is 0 Å². The predicted octanol–water partition coefficient (Wildman–Crippen LogP) is 0.519. The minimum Gasteiger partial charge on any atom is -0.395 e. The first-order valence-electron chi connectivity index (χ1n) is 7.67. The van der Waals surface area contributed by atoms with Gasteiger partial charge >= 0.3 is 0 Å². The summed E-state index contributed by atoms with van der Waals surface area (Å²) in [5, 5.41) is 12.7. The van der Waals surface area contributed by atoms with Gasteiger partial charge in [-0.2, -0.15) is 0 Å². The predicted molar refractivity (Wildman–Crippen MR) is 74.8 cm³/mol. The topological polar surface area (TPSA) is 38.7 Å². The summed E-state index contributed by atoms with van der Waals surface area (Å²) in [6, 6.07) is 0.656. The molecule has 106 valence electrons. The van der Waals surface area contributed by atoms with Crippen LogP contribution in [-0.2, 0) is 0 Å². The molecular weight excluding hydrogens is 226 g/mol. The molecule has 2 heterocycles. The van der Waals surface area contributed by atoms with Crippen LogP contribution in [0.3, 0.4) is 0 Å². The van der Waals surface area contributed by atoms with Crippen molar-refractivity contribution in [3.8, 4) is 0 Å². The first-order valence-corrected chi connectivity index (χ1v) is 7.67. The van der Waals surface area contributed by atoms with E-state index in [-0.39, 0.29) is 6.61 Å². The van der Waals surface area contributed by atoms with E-state index in [0.29, 0.717) is 6.04 Å². The number of hydrogen-bond donors (Lipinski definition) is 2. The third kappa shape index (κ3) is 4.84. The van der Waals surface area contributed by atoms with Crippen molar-refractivity contribution < 1.29 is 5.11 Å². The number of aliphatic hydroxyl groups excluding tert-OH is 1. The summed E-state index contributed by atoms with van der Waals surface area (Å²) in [6.45, 7) is 8.37. The van der Waals surface area contributed by atoms with Gasteiger partial charge in [0.2, 0.25) is 0 Å². The standard InChI is InChI=1S/C14H29N3O/c18-12-11-17(13-14-5-3-6-15-14)10-4-9-16-7-1-2-8-16/h14-15,18H,1-13H2. The third-order valence-electron chi connectivity index (χ3n) is 4.20. The van der Waals surface area contributed by atoms with Gasteiger partial charge in [0.15, 0.2) is 0 Å². The van der Waals surface area contributed by atoms with Gasteiger partial charge in [-0.1, -0.05) is 0 Å². The van der Waals surface area contributed by atoms with Gasteiger partial charge < -0.3 is 15.3 Å². The second-order valence-corrected chi connectivity index (χ2v) is 5.72. The molecule has 0 spiro atoms. The van der Waals surface area contributed by atoms with Crippen molar-refractivity contribution in [1.29, 1.82) is 0 Å². The average molecular weight is 255 g/mol. The van der Waals surface area contributed by atoms with Gasteiger partial charge in [-0.25, -0.2) is 0 Å². The van der Waals surface area contributed by atoms with Crippen molar-refractivity contribution in [3.05, 3.63) is 0 Å². The number of nitrogens with one attached hydrogen (secondary N) is 1. The molecule has 2 rings (SSSR count). The lowest BCUT2D eigenvalue weighted by molar-refractivity contribution is 0.177. The lowest BCUT2D eigenvalue weighted by Gasteiger charge is -2.25. The van der Waals surface area contributed by atoms with Crippen LogP contribution in [0.25, 0.3) is 0 Å². The Morgan fingerprint density at radius 2 is 2.00 bits per heavy atom. The summed E-state index contributed by atoms with van der Waals surface area (Å²) in [6.07, 6.45) is 6.62. The molecule has 0 amide bonds. The highest BCUT2D eigenvalue weighted by molar-refractivity contribution is 4.78. The van der Waals surface area contributed by atoms with Crippen LogP contribution in [0, 0.1) is 0 Å². The van der Waals surface area contributed by atoms with E-state index < -0.39 is 0 Å². The van der Waals surface area contributed by atoms with E-state index in [2.05, 4.69) is 15.1 Å². The monoisotopic (exact) mass is 255 g/mol. The SMILES string of the molecule is OCCN(CCCN1CCCC1)CC1CCCN1. The second kappa shape index (κ2) is 8.10. The van der Waals surface area contributed by atoms with E-state index in [0.717, 1.165) is 19.6 Å². The quantitative estimate of drug-likeness (QED) is 0.663. The molecule has 2 fully saturated rings. The molecule has 0 aromatic rings. The van der Waals surface area contributed by atoms with Crippen LogP contribution in [0.4, 0.5) is 0 Å². The fourth-order valence-electron chi connectivity index (χ4n) is 3.18. The lowest BCUT2D eigenvalue weighted by atomic mass is 10.2. The molecule has 1 atom stereocenters. The van der Waals surface area contributed by atoms with Gasteiger partial charge in [-0.3, -0.25) is 4.90 Å². The highest BCUT2D eigenvalue weighted by Gasteiger charge is 2.18. The summed E-state index contributed by atoms with van der Waals surface area (Å²) in [7, 11) is 0. The van der Waals surface area contributed by atoms with Gasteiger partial charge in [0, 0.05) is 19.1 Å². The highest BCUT2D eigenvalue weighted by atomic mass is 16.3. The maximum atomic E-state index is 9.15. The highest BCUT2D eigenvalue weighted by Crippen LogP contribution is 2.09. The van der Waals surface area contributed by atoms with Crippen LogP contribution in [0.2, 0.25) is 0 Å². The molecule has 4 nitrogen and oxygen atoms in total. The fourth-order valence-corrected chi connectivity index (χ4v) is 3.18. The molecule has 0 aliphatic carbocycles. The molecule has 1 unspecified atom stereocenters. The van der Waals surface area contributed by atoms with Crippen LogP contribution in [-0.4, -0.2) is 73.4 Å². The van der Waals surface area contributed by atoms with Crippen molar-refractivity contribution in [1.82, 2.24) is 15.1 Å². The van der Waals surface area contributed by atoms with Crippen molar-refractivity contribution in [3.63, 3.8) is 0 Å². The summed E-state index contributed by atoms with van der Waals surface area (Å²) in [5.41, 5.74) is 0. The van der Waals surface area contributed by atoms with E-state index in [1.165, 1.54) is 58.3 Å². The van der Waals surface area contributed by atoms with E-state index in [1.807, 2.05) is 0 Å². The zero-order valence-electron chi connectivity index (χ0n) is 11.6. The Kier molecular flexibility index (Phi) is 6.41. The van der Waals surface area contributed by atoms with Crippen molar-refractivity contribution in [2.45, 2.75) is 38.1 Å². The van der Waals surface area contributed by atoms with Crippen molar-refractivity contribution in [2.24, 2.45) is 0 Å². The van der Waals surface area contributed by atoms with Crippen LogP contribution in [0.5, 0.6) is 0 Å². The Morgan fingerprint density at radius 1 is 1.17 bits per heavy atom. The third-order valence-corrected chi connectivity index (χ3v) is 4.20. The molecule has 18 heavy (non-hydrogen) atoms. The van der Waals surface area contributed by atoms with E-state index >= 15 is 0 Å². The number of rotatable bonds is 8. The normalized spacial score (nSPS) is 25.3. The Balaban J connectivity index is 1.61. The largest absolute Gasteiger partial charge is 0.395 e. The number of hydrogen-bond acceptors (Lipinski definition) is 4. The van der Waals surface area contributed by atoms with Crippen molar-refractivity contribution >= 4 is 0 Å². The Hall–Kier alpha value is -0.160. The van der Waals surface area contributed by atoms with Crippen LogP contribution in [0.15, 0.2) is 0 Å². The molecular formula is C14H29N3O. The molecule has 2 saturated heterocycles. The smallest absolute Gasteiger partial charge is 0.0558 e. The number of likely N-dealkylation sites (tertiary alicyclic amines) is 1. The number of nitrogens with zero attached hydrogens (tertiary/aromatic N) is 2. The van der Waals surface area contributed by atoms with E-state index in [9.17, 15) is 0 Å². The molecule has 2 N–H and O–H groups in total. The molecule has 2 aliphatic heterocycles. The second-order valence-electron chi connectivity index (χ2n) is 5.72. The number of aliphatic hydroxyl groups is 1. The zero-order valence-corrected chi connectivity index (χ0v) is 11.6. The zero-order chi connectivity index (χ0) is 12.6. The van der Waals surface area contributed by atoms with Crippen LogP contribution in [0.1, 0.15) is 32.1 Å². The summed E-state index contributed by atoms with van der Waals surface area (Å²) >= 11 is 0. The maximum absolute atomic E-state index is 9.15. The molecule has 2 aliphatic rings. The van der Waals surface area contributed by atoms with Gasteiger partial charge in [-0.15, -0.1) is 0 Å². The fraction of sp³-hybridized carbons (Fsp3) is 1.00. The summed E-state index contributed by atoms with van der Waals surface area (Å²) < 4.78 is 0. The average Bonchev–Trinajstić information content (AvgIpc) is 3.02. The molecule has 0 aromatic carbocycles. The van der Waals surface area contributed by atoms with Gasteiger partial charge in [0.25, 0.3) is 0 Å². The first-order chi connectivity index (χ1) is 8.88. The van der Waals surface area contributed by atoms with Crippen LogP contribution >= 0.6 is 0 Å². The Morgan fingerprint density at radius 3 is 2.67 bits per heavy atom. The maximum Gasteiger partial charge on any atom is 0.0558 e. The minimum absolute atomic E-state index is 0.288. The Labute approximate surface area is 111 Å². The molecule has 0 saturated carbocycles. The minimum atomic E-state index is 0.288. The first kappa shape index (κ1) is 14.3. The summed E-state index contributed by atoms with van der Waals surface area (Å²) in [5.74, 6) is 0. The molecule has 0 bridgehead atoms. The van der Waals surface area contributed by atoms with Crippen molar-refractivity contribution in [2.75, 3.05) is 52.4 Å². The molecule has 0 radical (unpaired) electrons. The van der Waals surface area contributed by atoms with E-state index in [1.54, 1.807) is 0 Å². The lowest BCUT2D eigenvalue weighted by Crippen LogP contribution is -2.40. The molecule has 0 aromatic heterocycles.